The van der Waals surface area contributed by atoms with Gasteiger partial charge in [-0.1, -0.05) is 24.3 Å². The average molecular weight is 249 g/mol. The summed E-state index contributed by atoms with van der Waals surface area (Å²) in [6, 6.07) is 7.93. The lowest BCUT2D eigenvalue weighted by molar-refractivity contribution is -0.330. The van der Waals surface area contributed by atoms with Crippen LogP contribution in [0.15, 0.2) is 24.3 Å². The van der Waals surface area contributed by atoms with E-state index in [1.165, 1.54) is 0 Å². The topological polar surface area (TPSA) is 59.0 Å². The van der Waals surface area contributed by atoms with Crippen molar-refractivity contribution in [3.05, 3.63) is 35.4 Å². The van der Waals surface area contributed by atoms with Gasteiger partial charge in [0.25, 0.3) is 0 Å². The summed E-state index contributed by atoms with van der Waals surface area (Å²) in [6.45, 7) is 1.92. The van der Waals surface area contributed by atoms with Crippen molar-refractivity contribution in [2.75, 3.05) is 13.2 Å². The first kappa shape index (κ1) is 11.6. The van der Waals surface area contributed by atoms with Crippen LogP contribution in [-0.4, -0.2) is 35.1 Å². The molecule has 0 amide bonds. The highest BCUT2D eigenvalue weighted by atomic mass is 16.7. The fraction of sp³-hybridized carbons (Fsp3) is 0.462. The Morgan fingerprint density at radius 3 is 2.22 bits per heavy atom. The van der Waals surface area contributed by atoms with Crippen LogP contribution in [0.5, 0.6) is 0 Å². The standard InChI is InChI=1S/C13H15NO4/c15-12(16)13(17-6-3-7-18-13)14-8-10-4-1-2-5-11(10)9-14/h1-2,4-5H,3,6-9H2,(H,15,16). The lowest BCUT2D eigenvalue weighted by atomic mass is 10.1. The maximum atomic E-state index is 11.5. The van der Waals surface area contributed by atoms with E-state index in [9.17, 15) is 9.90 Å². The van der Waals surface area contributed by atoms with E-state index in [0.29, 0.717) is 26.3 Å². The molecule has 1 fully saturated rings. The third kappa shape index (κ3) is 1.71. The Morgan fingerprint density at radius 2 is 1.72 bits per heavy atom. The van der Waals surface area contributed by atoms with Gasteiger partial charge in [-0.25, -0.2) is 9.69 Å². The van der Waals surface area contributed by atoms with E-state index < -0.39 is 11.9 Å². The molecule has 18 heavy (non-hydrogen) atoms. The van der Waals surface area contributed by atoms with Gasteiger partial charge in [0, 0.05) is 13.1 Å². The summed E-state index contributed by atoms with van der Waals surface area (Å²) >= 11 is 0. The number of hydrogen-bond donors (Lipinski definition) is 1. The number of nitrogens with zero attached hydrogens (tertiary/aromatic N) is 1. The van der Waals surface area contributed by atoms with Crippen molar-refractivity contribution >= 4 is 5.97 Å². The van der Waals surface area contributed by atoms with Crippen LogP contribution in [0.1, 0.15) is 17.5 Å². The van der Waals surface area contributed by atoms with Crippen molar-refractivity contribution in [2.24, 2.45) is 0 Å². The Bertz CT molecular complexity index is 443. The number of hydrogen-bond acceptors (Lipinski definition) is 4. The molecule has 0 spiro atoms. The summed E-state index contributed by atoms with van der Waals surface area (Å²) in [7, 11) is 0. The van der Waals surface area contributed by atoms with Crippen LogP contribution in [0.2, 0.25) is 0 Å². The number of benzene rings is 1. The van der Waals surface area contributed by atoms with Gasteiger partial charge >= 0.3 is 11.9 Å². The molecule has 1 N–H and O–H groups in total. The van der Waals surface area contributed by atoms with Gasteiger partial charge in [0.1, 0.15) is 0 Å². The Labute approximate surface area is 105 Å². The summed E-state index contributed by atoms with van der Waals surface area (Å²) in [5, 5.41) is 9.44. The molecule has 0 atom stereocenters. The molecule has 1 aromatic rings. The third-order valence-electron chi connectivity index (χ3n) is 3.41. The molecule has 0 radical (unpaired) electrons. The maximum Gasteiger partial charge on any atom is 0.381 e. The van der Waals surface area contributed by atoms with E-state index >= 15 is 0 Å². The summed E-state index contributed by atoms with van der Waals surface area (Å²) in [4.78, 5) is 13.3. The molecule has 2 aliphatic rings. The molecule has 0 aromatic heterocycles. The molecule has 5 nitrogen and oxygen atoms in total. The number of ether oxygens (including phenoxy) is 2. The van der Waals surface area contributed by atoms with Gasteiger partial charge in [-0.05, 0) is 17.5 Å². The first-order chi connectivity index (χ1) is 8.72. The Morgan fingerprint density at radius 1 is 1.17 bits per heavy atom. The van der Waals surface area contributed by atoms with Crippen LogP contribution < -0.4 is 0 Å². The quantitative estimate of drug-likeness (QED) is 0.852. The molecule has 0 unspecified atom stereocenters. The van der Waals surface area contributed by atoms with Crippen LogP contribution in [0.4, 0.5) is 0 Å². The van der Waals surface area contributed by atoms with Gasteiger partial charge in [0.15, 0.2) is 0 Å². The fourth-order valence-corrected chi connectivity index (χ4v) is 2.50. The average Bonchev–Trinajstić information content (AvgIpc) is 2.83. The highest BCUT2D eigenvalue weighted by Gasteiger charge is 2.50. The largest absolute Gasteiger partial charge is 0.476 e. The number of carboxylic acid groups (broad SMARTS) is 1. The first-order valence-corrected chi connectivity index (χ1v) is 6.05. The van der Waals surface area contributed by atoms with Gasteiger partial charge in [-0.3, -0.25) is 0 Å². The van der Waals surface area contributed by atoms with Gasteiger partial charge in [0.2, 0.25) is 0 Å². The lowest BCUT2D eigenvalue weighted by Gasteiger charge is -2.39. The van der Waals surface area contributed by atoms with Crippen molar-refractivity contribution < 1.29 is 19.4 Å². The minimum absolute atomic E-state index is 0.416. The third-order valence-corrected chi connectivity index (χ3v) is 3.41. The van der Waals surface area contributed by atoms with Crippen LogP contribution in [-0.2, 0) is 27.4 Å². The molecule has 1 aromatic carbocycles. The molecule has 2 heterocycles. The molecular formula is C13H15NO4. The normalized spacial score (nSPS) is 22.7. The number of rotatable bonds is 2. The van der Waals surface area contributed by atoms with E-state index in [2.05, 4.69) is 0 Å². The van der Waals surface area contributed by atoms with Crippen molar-refractivity contribution in [3.63, 3.8) is 0 Å². The van der Waals surface area contributed by atoms with Crippen LogP contribution >= 0.6 is 0 Å². The predicted octanol–water partition coefficient (Wildman–Crippen LogP) is 1.18. The fourth-order valence-electron chi connectivity index (χ4n) is 2.50. The molecule has 0 bridgehead atoms. The van der Waals surface area contributed by atoms with E-state index in [4.69, 9.17) is 9.47 Å². The number of aliphatic carboxylic acids is 1. The van der Waals surface area contributed by atoms with Crippen LogP contribution in [0.25, 0.3) is 0 Å². The number of carbonyl (C=O) groups is 1. The Kier molecular flexibility index (Phi) is 2.81. The second-order valence-electron chi connectivity index (χ2n) is 4.56. The van der Waals surface area contributed by atoms with Crippen molar-refractivity contribution in [3.8, 4) is 0 Å². The van der Waals surface area contributed by atoms with E-state index in [1.54, 1.807) is 4.90 Å². The molecular weight excluding hydrogens is 234 g/mol. The molecule has 0 aliphatic carbocycles. The highest BCUT2D eigenvalue weighted by molar-refractivity contribution is 5.75. The molecule has 5 heteroatoms. The first-order valence-electron chi connectivity index (χ1n) is 6.05. The summed E-state index contributed by atoms with van der Waals surface area (Å²) in [5.41, 5.74) is 2.27. The van der Waals surface area contributed by atoms with E-state index in [0.717, 1.165) is 17.5 Å². The van der Waals surface area contributed by atoms with E-state index in [-0.39, 0.29) is 0 Å². The number of fused-ring (bicyclic) bond motifs is 1. The lowest BCUT2D eigenvalue weighted by Crippen LogP contribution is -2.58. The van der Waals surface area contributed by atoms with Crippen molar-refractivity contribution in [2.45, 2.75) is 25.4 Å². The zero-order valence-electron chi connectivity index (χ0n) is 9.96. The van der Waals surface area contributed by atoms with Gasteiger partial charge < -0.3 is 14.6 Å². The number of carboxylic acids is 1. The van der Waals surface area contributed by atoms with Crippen LogP contribution in [0.3, 0.4) is 0 Å². The highest BCUT2D eigenvalue weighted by Crippen LogP contribution is 2.33. The van der Waals surface area contributed by atoms with Gasteiger partial charge in [0.05, 0.1) is 13.2 Å². The monoisotopic (exact) mass is 249 g/mol. The second-order valence-corrected chi connectivity index (χ2v) is 4.56. The molecule has 2 aliphatic heterocycles. The second kappa shape index (κ2) is 4.35. The molecule has 1 saturated heterocycles. The summed E-state index contributed by atoms with van der Waals surface area (Å²) < 4.78 is 10.9. The molecule has 96 valence electrons. The minimum atomic E-state index is -1.61. The Hall–Kier alpha value is -1.43. The van der Waals surface area contributed by atoms with E-state index in [1.807, 2.05) is 24.3 Å². The zero-order valence-corrected chi connectivity index (χ0v) is 9.96. The maximum absolute atomic E-state index is 11.5. The van der Waals surface area contributed by atoms with Gasteiger partial charge in [-0.15, -0.1) is 0 Å². The Balaban J connectivity index is 1.88. The minimum Gasteiger partial charge on any atom is -0.476 e. The zero-order chi connectivity index (χ0) is 12.6. The SMILES string of the molecule is O=C(O)C1(N2Cc3ccccc3C2)OCCCO1. The van der Waals surface area contributed by atoms with Crippen molar-refractivity contribution in [1.82, 2.24) is 4.90 Å². The summed E-state index contributed by atoms with van der Waals surface area (Å²) in [6.07, 6.45) is 0.732. The molecule has 3 rings (SSSR count). The smallest absolute Gasteiger partial charge is 0.381 e. The van der Waals surface area contributed by atoms with Gasteiger partial charge in [-0.2, -0.15) is 0 Å². The van der Waals surface area contributed by atoms with Crippen LogP contribution in [0, 0.1) is 0 Å². The van der Waals surface area contributed by atoms with Crippen molar-refractivity contribution in [1.29, 1.82) is 0 Å². The predicted molar refractivity (Wildman–Crippen MR) is 62.6 cm³/mol. The summed E-state index contributed by atoms with van der Waals surface area (Å²) in [5.74, 6) is -2.69. The molecule has 0 saturated carbocycles.